The monoisotopic (exact) mass is 1410 g/mol. The maximum Gasteiger partial charge on any atom is 0.410 e. The van der Waals surface area contributed by atoms with E-state index in [2.05, 4.69) is 50.1 Å². The van der Waals surface area contributed by atoms with Gasteiger partial charge < -0.3 is 63.5 Å². The third-order valence-electron chi connectivity index (χ3n) is 15.9. The van der Waals surface area contributed by atoms with Crippen molar-refractivity contribution in [1.29, 1.82) is 0 Å². The predicted octanol–water partition coefficient (Wildman–Crippen LogP) is 15.2. The van der Waals surface area contributed by atoms with Gasteiger partial charge in [-0.3, -0.25) is 25.0 Å². The summed E-state index contributed by atoms with van der Waals surface area (Å²) in [4.78, 5) is 87.8. The van der Waals surface area contributed by atoms with Gasteiger partial charge in [0.05, 0.1) is 22.2 Å². The molecule has 3 aromatic carbocycles. The van der Waals surface area contributed by atoms with E-state index >= 15 is 0 Å². The fourth-order valence-electron chi connectivity index (χ4n) is 10.8. The molecule has 26 nitrogen and oxygen atoms in total. The van der Waals surface area contributed by atoms with E-state index in [0.717, 1.165) is 124 Å². The van der Waals surface area contributed by atoms with Crippen LogP contribution in [0.1, 0.15) is 174 Å². The number of hydrogen-bond donors (Lipinski definition) is 3. The van der Waals surface area contributed by atoms with E-state index in [9.17, 15) is 57.7 Å². The molecule has 6 aromatic rings. The number of piperidine rings is 4. The fraction of sp³-hybridized carbons (Fsp3) is 0.586. The number of amides is 4. The number of rotatable bonds is 4. The number of nitrogens with two attached hydrogens (primary N) is 1. The van der Waals surface area contributed by atoms with Crippen LogP contribution in [0.25, 0.3) is 32.7 Å². The Kier molecular flexibility index (Phi) is 29.2. The van der Waals surface area contributed by atoms with E-state index in [0.29, 0.717) is 50.8 Å². The normalized spacial score (nSPS) is 16.6. The zero-order valence-corrected chi connectivity index (χ0v) is 61.0. The molecule has 28 heteroatoms. The Morgan fingerprint density at radius 3 is 1.22 bits per heavy atom. The van der Waals surface area contributed by atoms with Gasteiger partial charge in [-0.25, -0.2) is 27.6 Å². The molecule has 0 bridgehead atoms. The number of anilines is 1. The number of aromatic nitrogens is 3. The number of nitro benzene ring substituents is 2. The lowest BCUT2D eigenvalue weighted by Crippen LogP contribution is -2.42. The summed E-state index contributed by atoms with van der Waals surface area (Å²) in [6.07, 6.45) is 15.5. The summed E-state index contributed by atoms with van der Waals surface area (Å²) in [5, 5.41) is 33.4. The average Bonchev–Trinajstić information content (AvgIpc) is 1.68. The summed E-state index contributed by atoms with van der Waals surface area (Å²) in [7, 11) is 1.31. The molecule has 544 valence electrons. The lowest BCUT2D eigenvalue weighted by molar-refractivity contribution is -0.384. The zero-order valence-electron chi connectivity index (χ0n) is 59.4. The molecule has 4 N–H and O–H groups in total. The molecule has 0 unspecified atom stereocenters. The second-order valence-corrected chi connectivity index (χ2v) is 32.1. The molecular formula is C70H105ClN10O16S. The Hall–Kier alpha value is -8.17. The van der Waals surface area contributed by atoms with E-state index in [1.165, 1.54) is 23.0 Å². The molecule has 98 heavy (non-hydrogen) atoms. The minimum atomic E-state index is -3.19. The number of carbonyl (C=O) groups is 5. The minimum absolute atomic E-state index is 0. The highest BCUT2D eigenvalue weighted by molar-refractivity contribution is 8.13. The molecule has 0 radical (unpaired) electrons. The van der Waals surface area contributed by atoms with Crippen molar-refractivity contribution in [3.8, 4) is 0 Å². The standard InChI is InChI=1S/C18H23N3O4.C18H25N3O2.C11H21NO2.C10H19NO3.C8H6N2O2.C4H6O.CH3ClO2S.H2/c1-18(2,3)25-17(22)19-9-7-14(8-10-19)20-11-6-13-12-15(21(23)24)4-5-16(13)20;1-18(2,3)23-17(22)20-9-7-15(8-10-20)21-11-6-13-12-14(19)4-5-16(13)21;1-9-5-7-12(8-6-9)10(13)14-11(2,3)4;1-10(2,3)14-9(13)11-6-4-8(12)5-7-11;11-10(12)7-1-2-8-6(5-7)3-4-9-8;5-4-2-1-3-4;1-5(2,3)4;/h4-6,11-12,14H,7-10H2,1-3H3;4-6,11-12,15H,7-10,19H2,1-3H3;9H,5-8H2,1-4H3;8,12H,4-7H2,1-3H3;1-5,9H;1-3H2;1H3;1H. The Balaban J connectivity index is 0.000000259. The number of non-ortho nitro benzene ring substituents is 2. The van der Waals surface area contributed by atoms with Gasteiger partial charge in [0.2, 0.25) is 9.05 Å². The lowest BCUT2D eigenvalue weighted by atomic mass is 9.99. The molecular weight excluding hydrogens is 1300 g/mol. The van der Waals surface area contributed by atoms with Gasteiger partial charge in [-0.05, 0) is 195 Å². The van der Waals surface area contributed by atoms with Crippen LogP contribution in [0.5, 0.6) is 0 Å². The van der Waals surface area contributed by atoms with Gasteiger partial charge in [0.1, 0.15) is 28.2 Å². The van der Waals surface area contributed by atoms with Crippen molar-refractivity contribution in [1.82, 2.24) is 33.7 Å². The predicted molar refractivity (Wildman–Crippen MR) is 383 cm³/mol. The highest BCUT2D eigenvalue weighted by atomic mass is 35.7. The first-order valence-electron chi connectivity index (χ1n) is 33.3. The van der Waals surface area contributed by atoms with Crippen molar-refractivity contribution in [3.63, 3.8) is 0 Å². The van der Waals surface area contributed by atoms with Gasteiger partial charge in [0.15, 0.2) is 0 Å². The van der Waals surface area contributed by atoms with Crippen LogP contribution in [-0.2, 0) is 32.8 Å². The van der Waals surface area contributed by atoms with Crippen LogP contribution in [0.2, 0.25) is 0 Å². The number of carbonyl (C=O) groups excluding carboxylic acids is 5. The topological polar surface area (TPSA) is 328 Å². The smallest absolute Gasteiger partial charge is 0.410 e. The highest BCUT2D eigenvalue weighted by Gasteiger charge is 2.31. The van der Waals surface area contributed by atoms with Crippen LogP contribution in [0.3, 0.4) is 0 Å². The second-order valence-electron chi connectivity index (χ2n) is 29.1. The first-order valence-corrected chi connectivity index (χ1v) is 36.1. The minimum Gasteiger partial charge on any atom is -0.444 e. The maximum atomic E-state index is 12.2. The number of Topliss-reactive ketones (excluding diaryl/α,β-unsaturated/α-hetero) is 1. The Morgan fingerprint density at radius 2 is 0.878 bits per heavy atom. The van der Waals surface area contributed by atoms with Gasteiger partial charge in [0.25, 0.3) is 11.4 Å². The number of ketones is 1. The lowest BCUT2D eigenvalue weighted by Gasteiger charge is -2.34. The molecule has 1 aliphatic carbocycles. The van der Waals surface area contributed by atoms with Crippen LogP contribution in [0.15, 0.2) is 91.4 Å². The molecule has 1 saturated carbocycles. The Bertz CT molecular complexity index is 3680. The number of aliphatic hydroxyl groups is 1. The van der Waals surface area contributed by atoms with Gasteiger partial charge in [0, 0.05) is 171 Å². The van der Waals surface area contributed by atoms with E-state index in [1.807, 2.05) is 123 Å². The van der Waals surface area contributed by atoms with E-state index < -0.39 is 30.8 Å². The number of hydrogen-bond acceptors (Lipinski definition) is 17. The zero-order chi connectivity index (χ0) is 73.1. The van der Waals surface area contributed by atoms with Gasteiger partial charge in [-0.15, -0.1) is 0 Å². The van der Waals surface area contributed by atoms with Gasteiger partial charge in [-0.2, -0.15) is 0 Å². The van der Waals surface area contributed by atoms with Crippen molar-refractivity contribution in [2.24, 2.45) is 5.92 Å². The molecule has 4 aliphatic heterocycles. The number of aromatic amines is 1. The van der Waals surface area contributed by atoms with E-state index in [4.69, 9.17) is 24.7 Å². The molecule has 4 amide bonds. The highest BCUT2D eigenvalue weighted by Crippen LogP contribution is 2.32. The number of nitro groups is 2. The molecule has 0 spiro atoms. The number of halogens is 1. The van der Waals surface area contributed by atoms with Crippen molar-refractivity contribution < 1.29 is 67.7 Å². The number of nitrogens with one attached hydrogen (secondary N) is 1. The quantitative estimate of drug-likeness (QED) is 0.0485. The summed E-state index contributed by atoms with van der Waals surface area (Å²) in [5.41, 5.74) is 8.23. The fourth-order valence-corrected chi connectivity index (χ4v) is 10.8. The summed E-state index contributed by atoms with van der Waals surface area (Å²) in [6.45, 7) is 30.4. The summed E-state index contributed by atoms with van der Waals surface area (Å²) in [5.74, 6) is 1.18. The molecule has 7 heterocycles. The molecule has 11 rings (SSSR count). The van der Waals surface area contributed by atoms with Crippen LogP contribution >= 0.6 is 10.7 Å². The average molecular weight is 1410 g/mol. The number of likely N-dealkylation sites (tertiary alicyclic amines) is 4. The molecule has 3 aromatic heterocycles. The Labute approximate surface area is 581 Å². The first kappa shape index (κ1) is 80.5. The largest absolute Gasteiger partial charge is 0.444 e. The van der Waals surface area contributed by atoms with Crippen molar-refractivity contribution in [3.05, 3.63) is 112 Å². The third-order valence-corrected chi connectivity index (χ3v) is 15.9. The maximum absolute atomic E-state index is 12.2. The number of benzene rings is 3. The van der Waals surface area contributed by atoms with Crippen molar-refractivity contribution >= 4 is 99.7 Å². The third kappa shape index (κ3) is 28.4. The second kappa shape index (κ2) is 35.6. The molecule has 0 atom stereocenters. The number of ether oxygens (including phenoxy) is 4. The molecule has 5 aliphatic rings. The number of aliphatic hydroxyl groups excluding tert-OH is 1. The summed E-state index contributed by atoms with van der Waals surface area (Å²) >= 11 is 0. The van der Waals surface area contributed by atoms with Gasteiger partial charge in [-0.1, -0.05) is 6.92 Å². The van der Waals surface area contributed by atoms with E-state index in [-0.39, 0.29) is 59.8 Å². The van der Waals surface area contributed by atoms with Crippen LogP contribution in [-0.4, -0.2) is 174 Å². The Morgan fingerprint density at radius 1 is 0.551 bits per heavy atom. The number of fused-ring (bicyclic) bond motifs is 3. The SMILES string of the molecule is CC(C)(C)OC(=O)N1CCC(O)CC1.CC(C)(C)OC(=O)N1CCC(n2ccc3cc(N)ccc32)CC1.CC(C)(C)OC(=O)N1CCC(n2ccc3cc([N+](=O)[O-])ccc32)CC1.CC1CCN(C(=O)OC(C)(C)C)CC1.CS(=O)(=O)Cl.O=C1CCC1.O=[N+]([O-])c1ccc2[nH]ccc2c1.[HH]. The molecule has 4 saturated heterocycles. The van der Waals surface area contributed by atoms with E-state index in [1.54, 1.807) is 40.3 Å². The van der Waals surface area contributed by atoms with Crippen molar-refractivity contribution in [2.45, 2.75) is 201 Å². The number of nitrogens with zero attached hydrogens (tertiary/aromatic N) is 8. The number of H-pyrrole nitrogens is 1. The first-order chi connectivity index (χ1) is 45.5. The summed E-state index contributed by atoms with van der Waals surface area (Å²) in [6, 6.07) is 22.2. The van der Waals surface area contributed by atoms with Crippen LogP contribution < -0.4 is 5.73 Å². The summed E-state index contributed by atoms with van der Waals surface area (Å²) < 4.78 is 44.7. The van der Waals surface area contributed by atoms with Gasteiger partial charge >= 0.3 is 24.4 Å². The van der Waals surface area contributed by atoms with Crippen molar-refractivity contribution in [2.75, 3.05) is 64.3 Å². The number of nitrogen functional groups attached to an aromatic ring is 1. The van der Waals surface area contributed by atoms with Crippen LogP contribution in [0.4, 0.5) is 36.2 Å². The van der Waals surface area contributed by atoms with Crippen LogP contribution in [0, 0.1) is 26.1 Å². The molecule has 5 fully saturated rings.